The second-order valence-corrected chi connectivity index (χ2v) is 8.94. The van der Waals surface area contributed by atoms with Crippen molar-refractivity contribution < 1.29 is 32.2 Å². The van der Waals surface area contributed by atoms with Crippen LogP contribution in [0.5, 0.6) is 11.5 Å². The number of hydrogen-bond acceptors (Lipinski definition) is 8. The first-order valence-electron chi connectivity index (χ1n) is 8.73. The van der Waals surface area contributed by atoms with E-state index in [0.717, 1.165) is 10.6 Å². The van der Waals surface area contributed by atoms with Gasteiger partial charge in [-0.2, -0.15) is 5.10 Å². The molecule has 2 rings (SSSR count). The Morgan fingerprint density at radius 3 is 2.31 bits per heavy atom. The SMILES string of the molecule is COC(=O)Oc1ccc(/C=N\NC(=O)CN(c2cc(Cl)cc(Cl)c2)S(C)(=O)=O)cc1OC. The van der Waals surface area contributed by atoms with Gasteiger partial charge in [-0.05, 0) is 42.0 Å². The Balaban J connectivity index is 2.11. The highest BCUT2D eigenvalue weighted by atomic mass is 35.5. The molecule has 0 heterocycles. The minimum atomic E-state index is -3.81. The summed E-state index contributed by atoms with van der Waals surface area (Å²) in [7, 11) is -1.26. The topological polar surface area (TPSA) is 124 Å². The van der Waals surface area contributed by atoms with Gasteiger partial charge < -0.3 is 14.2 Å². The van der Waals surface area contributed by atoms with E-state index in [1.165, 1.54) is 50.8 Å². The monoisotopic (exact) mass is 503 g/mol. The number of carbonyl (C=O) groups is 2. The van der Waals surface area contributed by atoms with Crippen LogP contribution in [0, 0.1) is 0 Å². The van der Waals surface area contributed by atoms with Crippen LogP contribution in [0.4, 0.5) is 10.5 Å². The quantitative estimate of drug-likeness (QED) is 0.254. The highest BCUT2D eigenvalue weighted by molar-refractivity contribution is 7.92. The normalized spacial score (nSPS) is 11.2. The van der Waals surface area contributed by atoms with Crippen molar-refractivity contribution in [1.82, 2.24) is 5.43 Å². The predicted octanol–water partition coefficient (Wildman–Crippen LogP) is 3.06. The number of carbonyl (C=O) groups excluding carboxylic acids is 2. The predicted molar refractivity (Wildman–Crippen MR) is 120 cm³/mol. The first kappa shape index (κ1) is 25.2. The molecule has 2 aromatic carbocycles. The molecular weight excluding hydrogens is 485 g/mol. The van der Waals surface area contributed by atoms with E-state index in [-0.39, 0.29) is 27.2 Å². The Labute approximate surface area is 194 Å². The van der Waals surface area contributed by atoms with E-state index in [4.69, 9.17) is 32.7 Å². The van der Waals surface area contributed by atoms with Crippen molar-refractivity contribution in [2.45, 2.75) is 0 Å². The molecule has 0 aliphatic rings. The number of anilines is 1. The van der Waals surface area contributed by atoms with Crippen LogP contribution in [0.2, 0.25) is 10.0 Å². The molecular formula is C19H19Cl2N3O7S. The van der Waals surface area contributed by atoms with Crippen LogP contribution in [-0.2, 0) is 19.6 Å². The number of ether oxygens (including phenoxy) is 3. The highest BCUT2D eigenvalue weighted by Gasteiger charge is 2.21. The second kappa shape index (κ2) is 11.0. The number of rotatable bonds is 8. The Kier molecular flexibility index (Phi) is 8.70. The largest absolute Gasteiger partial charge is 0.513 e. The van der Waals surface area contributed by atoms with Gasteiger partial charge in [-0.3, -0.25) is 9.10 Å². The molecule has 10 nitrogen and oxygen atoms in total. The van der Waals surface area contributed by atoms with Gasteiger partial charge >= 0.3 is 6.16 Å². The van der Waals surface area contributed by atoms with Crippen molar-refractivity contribution in [2.24, 2.45) is 5.10 Å². The molecule has 13 heteroatoms. The number of hydrogen-bond donors (Lipinski definition) is 1. The number of amides is 1. The fourth-order valence-corrected chi connectivity index (χ4v) is 3.76. The van der Waals surface area contributed by atoms with Crippen LogP contribution in [0.25, 0.3) is 0 Å². The van der Waals surface area contributed by atoms with Gasteiger partial charge in [0.25, 0.3) is 5.91 Å². The summed E-state index contributed by atoms with van der Waals surface area (Å²) in [6.45, 7) is -0.553. The summed E-state index contributed by atoms with van der Waals surface area (Å²) >= 11 is 11.9. The summed E-state index contributed by atoms with van der Waals surface area (Å²) in [4.78, 5) is 23.5. The summed E-state index contributed by atoms with van der Waals surface area (Å²) in [5.41, 5.74) is 2.87. The van der Waals surface area contributed by atoms with Crippen LogP contribution in [0.15, 0.2) is 41.5 Å². The Morgan fingerprint density at radius 2 is 1.75 bits per heavy atom. The lowest BCUT2D eigenvalue weighted by atomic mass is 10.2. The molecule has 172 valence electrons. The van der Waals surface area contributed by atoms with Crippen molar-refractivity contribution in [3.05, 3.63) is 52.0 Å². The van der Waals surface area contributed by atoms with E-state index >= 15 is 0 Å². The lowest BCUT2D eigenvalue weighted by Gasteiger charge is -2.21. The first-order valence-corrected chi connectivity index (χ1v) is 11.3. The maximum atomic E-state index is 12.3. The molecule has 0 bridgehead atoms. The number of halogens is 2. The summed E-state index contributed by atoms with van der Waals surface area (Å²) in [5, 5.41) is 4.23. The smallest absolute Gasteiger partial charge is 0.493 e. The van der Waals surface area contributed by atoms with Gasteiger partial charge in [-0.1, -0.05) is 23.2 Å². The zero-order chi connectivity index (χ0) is 23.9. The fraction of sp³-hybridized carbons (Fsp3) is 0.211. The maximum absolute atomic E-state index is 12.3. The zero-order valence-corrected chi connectivity index (χ0v) is 19.5. The van der Waals surface area contributed by atoms with Crippen LogP contribution in [0.1, 0.15) is 5.56 Å². The lowest BCUT2D eigenvalue weighted by molar-refractivity contribution is -0.119. The molecule has 0 spiro atoms. The molecule has 2 aromatic rings. The lowest BCUT2D eigenvalue weighted by Crippen LogP contribution is -2.39. The van der Waals surface area contributed by atoms with Crippen LogP contribution in [-0.4, -0.2) is 53.7 Å². The Hall–Kier alpha value is -3.02. The minimum Gasteiger partial charge on any atom is -0.493 e. The van der Waals surface area contributed by atoms with E-state index in [2.05, 4.69) is 15.3 Å². The molecule has 1 amide bonds. The number of nitrogens with one attached hydrogen (secondary N) is 1. The molecule has 1 N–H and O–H groups in total. The Bertz CT molecular complexity index is 1120. The molecule has 0 radical (unpaired) electrons. The second-order valence-electron chi connectivity index (χ2n) is 6.16. The average molecular weight is 504 g/mol. The van der Waals surface area contributed by atoms with E-state index in [0.29, 0.717) is 5.56 Å². The molecule has 0 atom stereocenters. The number of sulfonamides is 1. The molecule has 0 saturated carbocycles. The third-order valence-electron chi connectivity index (χ3n) is 3.77. The average Bonchev–Trinajstić information content (AvgIpc) is 2.71. The fourth-order valence-electron chi connectivity index (χ4n) is 2.41. The van der Waals surface area contributed by atoms with Crippen LogP contribution in [0.3, 0.4) is 0 Å². The molecule has 0 saturated heterocycles. The van der Waals surface area contributed by atoms with Gasteiger partial charge in [0.2, 0.25) is 10.0 Å². The van der Waals surface area contributed by atoms with Gasteiger partial charge in [0.05, 0.1) is 32.4 Å². The van der Waals surface area contributed by atoms with Gasteiger partial charge in [0.15, 0.2) is 11.5 Å². The van der Waals surface area contributed by atoms with Crippen molar-refractivity contribution in [2.75, 3.05) is 31.3 Å². The molecule has 0 aliphatic carbocycles. The standard InChI is InChI=1S/C19H19Cl2N3O7S/c1-29-17-6-12(4-5-16(17)31-19(26)30-2)10-22-23-18(25)11-24(32(3,27)28)15-8-13(20)7-14(21)9-15/h4-10H,11H2,1-3H3,(H,23,25)/b22-10-. The van der Waals surface area contributed by atoms with Gasteiger partial charge in [-0.25, -0.2) is 18.6 Å². The molecule has 0 fully saturated rings. The van der Waals surface area contributed by atoms with E-state index < -0.39 is 28.6 Å². The van der Waals surface area contributed by atoms with Crippen LogP contribution >= 0.6 is 23.2 Å². The molecule has 0 unspecified atom stereocenters. The third kappa shape index (κ3) is 7.29. The van der Waals surface area contributed by atoms with Gasteiger partial charge in [0, 0.05) is 10.0 Å². The van der Waals surface area contributed by atoms with Crippen molar-refractivity contribution in [3.8, 4) is 11.5 Å². The van der Waals surface area contributed by atoms with Crippen molar-refractivity contribution >= 4 is 57.2 Å². The van der Waals surface area contributed by atoms with Crippen LogP contribution < -0.4 is 19.2 Å². The summed E-state index contributed by atoms with van der Waals surface area (Å²) in [6, 6.07) is 8.68. The minimum absolute atomic E-state index is 0.129. The number of methoxy groups -OCH3 is 2. The number of nitrogens with zero attached hydrogens (tertiary/aromatic N) is 2. The van der Waals surface area contributed by atoms with Gasteiger partial charge in [-0.15, -0.1) is 0 Å². The van der Waals surface area contributed by atoms with E-state index in [1.54, 1.807) is 6.07 Å². The molecule has 32 heavy (non-hydrogen) atoms. The number of benzene rings is 2. The summed E-state index contributed by atoms with van der Waals surface area (Å²) in [5.74, 6) is -0.350. The third-order valence-corrected chi connectivity index (χ3v) is 5.35. The van der Waals surface area contributed by atoms with Crippen molar-refractivity contribution in [3.63, 3.8) is 0 Å². The Morgan fingerprint density at radius 1 is 1.09 bits per heavy atom. The molecule has 0 aromatic heterocycles. The van der Waals surface area contributed by atoms with E-state index in [9.17, 15) is 18.0 Å². The first-order chi connectivity index (χ1) is 15.0. The summed E-state index contributed by atoms with van der Waals surface area (Å²) < 4.78 is 39.6. The summed E-state index contributed by atoms with van der Waals surface area (Å²) in [6.07, 6.45) is 1.33. The van der Waals surface area contributed by atoms with E-state index in [1.807, 2.05) is 0 Å². The zero-order valence-electron chi connectivity index (χ0n) is 17.2. The number of hydrazone groups is 1. The molecule has 0 aliphatic heterocycles. The highest BCUT2D eigenvalue weighted by Crippen LogP contribution is 2.28. The van der Waals surface area contributed by atoms with Gasteiger partial charge in [0.1, 0.15) is 6.54 Å². The van der Waals surface area contributed by atoms with Crippen molar-refractivity contribution in [1.29, 1.82) is 0 Å². The maximum Gasteiger partial charge on any atom is 0.513 e.